The van der Waals surface area contributed by atoms with Gasteiger partial charge in [-0.2, -0.15) is 13.2 Å². The van der Waals surface area contributed by atoms with Crippen molar-refractivity contribution in [2.75, 3.05) is 31.1 Å². The second-order valence-electron chi connectivity index (χ2n) is 5.84. The molecular weight excluding hydrogens is 357 g/mol. The molecular formula is C17H14F5N3O. The van der Waals surface area contributed by atoms with Crippen molar-refractivity contribution >= 4 is 11.7 Å². The van der Waals surface area contributed by atoms with Gasteiger partial charge in [0.1, 0.15) is 17.5 Å². The van der Waals surface area contributed by atoms with E-state index in [1.807, 2.05) is 0 Å². The molecule has 1 saturated heterocycles. The Kier molecular flexibility index (Phi) is 4.80. The third-order valence-corrected chi connectivity index (χ3v) is 4.08. The van der Waals surface area contributed by atoms with Gasteiger partial charge in [-0.05, 0) is 24.3 Å². The number of carbonyl (C=O) groups is 1. The smallest absolute Gasteiger partial charge is 0.353 e. The minimum atomic E-state index is -4.45. The van der Waals surface area contributed by atoms with Gasteiger partial charge in [0.25, 0.3) is 5.91 Å². The number of hydrogen-bond acceptors (Lipinski definition) is 3. The lowest BCUT2D eigenvalue weighted by atomic mass is 10.1. The molecule has 0 radical (unpaired) electrons. The Morgan fingerprint density at radius 3 is 2.08 bits per heavy atom. The lowest BCUT2D eigenvalue weighted by Gasteiger charge is -2.35. The van der Waals surface area contributed by atoms with Crippen LogP contribution >= 0.6 is 0 Å². The molecule has 1 aromatic heterocycles. The molecule has 26 heavy (non-hydrogen) atoms. The maximum Gasteiger partial charge on any atom is 0.417 e. The lowest BCUT2D eigenvalue weighted by molar-refractivity contribution is -0.137. The summed E-state index contributed by atoms with van der Waals surface area (Å²) in [5, 5.41) is 0. The van der Waals surface area contributed by atoms with Crippen LogP contribution in [0, 0.1) is 11.6 Å². The normalized spacial score (nSPS) is 15.3. The van der Waals surface area contributed by atoms with Crippen LogP contribution in [0.3, 0.4) is 0 Å². The summed E-state index contributed by atoms with van der Waals surface area (Å²) >= 11 is 0. The average molecular weight is 371 g/mol. The molecule has 0 spiro atoms. The number of alkyl halides is 3. The standard InChI is InChI=1S/C17H14F5N3O/c18-13-7-11(8-14(19)9-13)16(26)25-5-3-24(4-6-25)15-2-1-12(10-23-15)17(20,21)22/h1-2,7-10H,3-6H2. The second kappa shape index (κ2) is 6.89. The molecule has 0 unspecified atom stereocenters. The van der Waals surface area contributed by atoms with Crippen molar-refractivity contribution in [3.05, 3.63) is 59.3 Å². The zero-order chi connectivity index (χ0) is 18.9. The van der Waals surface area contributed by atoms with Gasteiger partial charge in [0.05, 0.1) is 5.56 Å². The minimum Gasteiger partial charge on any atom is -0.353 e. The summed E-state index contributed by atoms with van der Waals surface area (Å²) in [6.45, 7) is 1.23. The summed E-state index contributed by atoms with van der Waals surface area (Å²) in [6, 6.07) is 4.85. The lowest BCUT2D eigenvalue weighted by Crippen LogP contribution is -2.49. The first-order chi connectivity index (χ1) is 12.2. The first kappa shape index (κ1) is 18.1. The number of pyridine rings is 1. The van der Waals surface area contributed by atoms with Crippen molar-refractivity contribution in [1.82, 2.24) is 9.88 Å². The van der Waals surface area contributed by atoms with Crippen LogP contribution in [0.2, 0.25) is 0 Å². The summed E-state index contributed by atoms with van der Waals surface area (Å²) in [4.78, 5) is 19.3. The summed E-state index contributed by atoms with van der Waals surface area (Å²) in [6.07, 6.45) is -3.68. The van der Waals surface area contributed by atoms with Crippen LogP contribution < -0.4 is 4.90 Å². The average Bonchev–Trinajstić information content (AvgIpc) is 2.60. The highest BCUT2D eigenvalue weighted by molar-refractivity contribution is 5.94. The Morgan fingerprint density at radius 2 is 1.58 bits per heavy atom. The second-order valence-corrected chi connectivity index (χ2v) is 5.84. The number of rotatable bonds is 2. The molecule has 1 aliphatic rings. The molecule has 1 fully saturated rings. The van der Waals surface area contributed by atoms with E-state index in [2.05, 4.69) is 4.98 Å². The van der Waals surface area contributed by atoms with Crippen molar-refractivity contribution in [3.63, 3.8) is 0 Å². The Hall–Kier alpha value is -2.71. The van der Waals surface area contributed by atoms with E-state index in [0.717, 1.165) is 24.4 Å². The third kappa shape index (κ3) is 3.92. The van der Waals surface area contributed by atoms with Crippen LogP contribution in [0.5, 0.6) is 0 Å². The van der Waals surface area contributed by atoms with E-state index in [1.165, 1.54) is 11.0 Å². The molecule has 9 heteroatoms. The van der Waals surface area contributed by atoms with Crippen LogP contribution in [0.1, 0.15) is 15.9 Å². The molecule has 1 amide bonds. The monoisotopic (exact) mass is 371 g/mol. The summed E-state index contributed by atoms with van der Waals surface area (Å²) in [7, 11) is 0. The number of piperazine rings is 1. The van der Waals surface area contributed by atoms with Gasteiger partial charge in [0, 0.05) is 44.0 Å². The highest BCUT2D eigenvalue weighted by atomic mass is 19.4. The van der Waals surface area contributed by atoms with Gasteiger partial charge in [-0.3, -0.25) is 4.79 Å². The number of anilines is 1. The highest BCUT2D eigenvalue weighted by Gasteiger charge is 2.31. The van der Waals surface area contributed by atoms with Gasteiger partial charge >= 0.3 is 6.18 Å². The maximum atomic E-state index is 13.2. The summed E-state index contributed by atoms with van der Waals surface area (Å²) in [5.74, 6) is -1.78. The van der Waals surface area contributed by atoms with E-state index in [9.17, 15) is 26.7 Å². The molecule has 0 atom stereocenters. The molecule has 0 bridgehead atoms. The van der Waals surface area contributed by atoms with Crippen LogP contribution in [0.4, 0.5) is 27.8 Å². The molecule has 1 aromatic carbocycles. The number of nitrogens with zero attached hydrogens (tertiary/aromatic N) is 3. The third-order valence-electron chi connectivity index (χ3n) is 4.08. The van der Waals surface area contributed by atoms with E-state index in [4.69, 9.17) is 0 Å². The molecule has 2 heterocycles. The molecule has 3 rings (SSSR count). The zero-order valence-electron chi connectivity index (χ0n) is 13.4. The van der Waals surface area contributed by atoms with Crippen LogP contribution in [0.25, 0.3) is 0 Å². The van der Waals surface area contributed by atoms with E-state index in [1.54, 1.807) is 4.90 Å². The van der Waals surface area contributed by atoms with E-state index >= 15 is 0 Å². The number of carbonyl (C=O) groups excluding carboxylic acids is 1. The molecule has 0 N–H and O–H groups in total. The number of benzene rings is 1. The quantitative estimate of drug-likeness (QED) is 0.760. The minimum absolute atomic E-state index is 0.0800. The summed E-state index contributed by atoms with van der Waals surface area (Å²) in [5.41, 5.74) is -0.910. The maximum absolute atomic E-state index is 13.2. The Bertz CT molecular complexity index is 779. The van der Waals surface area contributed by atoms with Crippen molar-refractivity contribution in [1.29, 1.82) is 0 Å². The van der Waals surface area contributed by atoms with Crippen molar-refractivity contribution in [2.24, 2.45) is 0 Å². The Labute approximate surface area is 145 Å². The zero-order valence-corrected chi connectivity index (χ0v) is 13.4. The van der Waals surface area contributed by atoms with E-state index in [0.29, 0.717) is 25.0 Å². The van der Waals surface area contributed by atoms with Gasteiger partial charge in [-0.25, -0.2) is 13.8 Å². The SMILES string of the molecule is O=C(c1cc(F)cc(F)c1)N1CCN(c2ccc(C(F)(F)F)cn2)CC1. The molecule has 4 nitrogen and oxygen atoms in total. The Morgan fingerprint density at radius 1 is 0.962 bits per heavy atom. The van der Waals surface area contributed by atoms with Gasteiger partial charge in [0.15, 0.2) is 0 Å². The molecule has 1 aliphatic heterocycles. The van der Waals surface area contributed by atoms with Crippen LogP contribution in [-0.4, -0.2) is 42.0 Å². The molecule has 2 aromatic rings. The number of amides is 1. The van der Waals surface area contributed by atoms with Crippen molar-refractivity contribution in [2.45, 2.75) is 6.18 Å². The van der Waals surface area contributed by atoms with Crippen LogP contribution in [0.15, 0.2) is 36.5 Å². The largest absolute Gasteiger partial charge is 0.417 e. The Balaban J connectivity index is 1.64. The van der Waals surface area contributed by atoms with Gasteiger partial charge in [0.2, 0.25) is 0 Å². The van der Waals surface area contributed by atoms with Gasteiger partial charge < -0.3 is 9.80 Å². The summed E-state index contributed by atoms with van der Waals surface area (Å²) < 4.78 is 64.2. The van der Waals surface area contributed by atoms with Gasteiger partial charge in [-0.15, -0.1) is 0 Å². The van der Waals surface area contributed by atoms with E-state index < -0.39 is 29.3 Å². The first-order valence-corrected chi connectivity index (χ1v) is 7.77. The van der Waals surface area contributed by atoms with E-state index in [-0.39, 0.29) is 18.7 Å². The number of halogens is 5. The highest BCUT2D eigenvalue weighted by Crippen LogP contribution is 2.29. The molecule has 0 aliphatic carbocycles. The fourth-order valence-electron chi connectivity index (χ4n) is 2.74. The predicted octanol–water partition coefficient (Wildman–Crippen LogP) is 3.34. The van der Waals surface area contributed by atoms with Gasteiger partial charge in [-0.1, -0.05) is 0 Å². The first-order valence-electron chi connectivity index (χ1n) is 7.77. The van der Waals surface area contributed by atoms with Crippen molar-refractivity contribution in [3.8, 4) is 0 Å². The predicted molar refractivity (Wildman–Crippen MR) is 83.7 cm³/mol. The fraction of sp³-hybridized carbons (Fsp3) is 0.294. The number of aromatic nitrogens is 1. The topological polar surface area (TPSA) is 36.4 Å². The fourth-order valence-corrected chi connectivity index (χ4v) is 2.74. The van der Waals surface area contributed by atoms with Crippen LogP contribution in [-0.2, 0) is 6.18 Å². The number of hydrogen-bond donors (Lipinski definition) is 0. The molecule has 138 valence electrons. The van der Waals surface area contributed by atoms with Crippen molar-refractivity contribution < 1.29 is 26.7 Å². The molecule has 0 saturated carbocycles.